The molecule has 5 heteroatoms. The highest BCUT2D eigenvalue weighted by Gasteiger charge is 2.11. The molecular formula is C13H16N2O3. The number of pyridine rings is 1. The van der Waals surface area contributed by atoms with E-state index >= 15 is 0 Å². The van der Waals surface area contributed by atoms with Crippen molar-refractivity contribution in [2.45, 2.75) is 19.9 Å². The second kappa shape index (κ2) is 7.21. The van der Waals surface area contributed by atoms with Crippen molar-refractivity contribution >= 4 is 11.9 Å². The van der Waals surface area contributed by atoms with E-state index in [2.05, 4.69) is 4.98 Å². The van der Waals surface area contributed by atoms with Crippen molar-refractivity contribution in [3.05, 3.63) is 42.2 Å². The summed E-state index contributed by atoms with van der Waals surface area (Å²) in [6.45, 7) is 2.91. The molecule has 18 heavy (non-hydrogen) atoms. The Morgan fingerprint density at radius 2 is 2.17 bits per heavy atom. The molecule has 96 valence electrons. The molecule has 0 saturated carbocycles. The Balaban J connectivity index is 2.70. The highest BCUT2D eigenvalue weighted by molar-refractivity contribution is 5.93. The Morgan fingerprint density at radius 1 is 1.39 bits per heavy atom. The summed E-state index contributed by atoms with van der Waals surface area (Å²) in [7, 11) is 0. The molecule has 0 radical (unpaired) electrons. The third kappa shape index (κ3) is 4.78. The number of carboxylic acid groups (broad SMARTS) is 1. The van der Waals surface area contributed by atoms with Crippen molar-refractivity contribution in [1.82, 2.24) is 9.88 Å². The van der Waals surface area contributed by atoms with Gasteiger partial charge in [0.1, 0.15) is 0 Å². The lowest BCUT2D eigenvalue weighted by Crippen LogP contribution is -2.30. The molecule has 0 fully saturated rings. The number of nitrogens with zero attached hydrogens (tertiary/aromatic N) is 2. The van der Waals surface area contributed by atoms with Gasteiger partial charge in [-0.15, -0.1) is 0 Å². The predicted octanol–water partition coefficient (Wildman–Crippen LogP) is 1.46. The monoisotopic (exact) mass is 248 g/mol. The predicted molar refractivity (Wildman–Crippen MR) is 66.7 cm³/mol. The van der Waals surface area contributed by atoms with Gasteiger partial charge in [-0.3, -0.25) is 9.78 Å². The highest BCUT2D eigenvalue weighted by atomic mass is 16.4. The molecule has 0 aliphatic carbocycles. The zero-order valence-corrected chi connectivity index (χ0v) is 10.2. The topological polar surface area (TPSA) is 70.5 Å². The molecule has 1 aromatic heterocycles. The minimum atomic E-state index is -1.13. The molecule has 1 heterocycles. The van der Waals surface area contributed by atoms with Crippen LogP contribution in [0.4, 0.5) is 0 Å². The van der Waals surface area contributed by atoms with Gasteiger partial charge < -0.3 is 10.0 Å². The Hall–Kier alpha value is -2.17. The van der Waals surface area contributed by atoms with Gasteiger partial charge in [0, 0.05) is 24.9 Å². The van der Waals surface area contributed by atoms with Gasteiger partial charge in [0.25, 0.3) is 0 Å². The first-order valence-corrected chi connectivity index (χ1v) is 5.73. The summed E-state index contributed by atoms with van der Waals surface area (Å²) in [5.74, 6) is -1.44. The zero-order valence-electron chi connectivity index (χ0n) is 10.2. The molecule has 1 amide bonds. The van der Waals surface area contributed by atoms with Gasteiger partial charge in [-0.25, -0.2) is 4.79 Å². The van der Waals surface area contributed by atoms with E-state index in [9.17, 15) is 9.59 Å². The van der Waals surface area contributed by atoms with Crippen LogP contribution in [0.2, 0.25) is 0 Å². The minimum absolute atomic E-state index is 0.315. The summed E-state index contributed by atoms with van der Waals surface area (Å²) in [6.07, 6.45) is 4.39. The van der Waals surface area contributed by atoms with Crippen molar-refractivity contribution in [2.75, 3.05) is 6.54 Å². The van der Waals surface area contributed by atoms with Gasteiger partial charge in [0.15, 0.2) is 0 Å². The SMILES string of the molecule is CCCN(Cc1ccccn1)C(=O)/C=C/C(=O)O. The van der Waals surface area contributed by atoms with E-state index in [1.165, 1.54) is 0 Å². The average Bonchev–Trinajstić information content (AvgIpc) is 2.36. The third-order valence-electron chi connectivity index (χ3n) is 2.25. The highest BCUT2D eigenvalue weighted by Crippen LogP contribution is 2.03. The fourth-order valence-corrected chi connectivity index (χ4v) is 1.47. The molecule has 0 spiro atoms. The molecule has 0 aliphatic heterocycles. The molecule has 0 aromatic carbocycles. The van der Waals surface area contributed by atoms with Crippen LogP contribution in [-0.2, 0) is 16.1 Å². The lowest BCUT2D eigenvalue weighted by molar-refractivity contribution is -0.132. The smallest absolute Gasteiger partial charge is 0.328 e. The second-order valence-corrected chi connectivity index (χ2v) is 3.75. The first-order valence-electron chi connectivity index (χ1n) is 5.73. The van der Waals surface area contributed by atoms with Gasteiger partial charge in [-0.2, -0.15) is 0 Å². The maximum atomic E-state index is 11.8. The van der Waals surface area contributed by atoms with Crippen LogP contribution in [0.1, 0.15) is 19.0 Å². The number of carbonyl (C=O) groups excluding carboxylic acids is 1. The summed E-state index contributed by atoms with van der Waals surface area (Å²) < 4.78 is 0. The number of carbonyl (C=O) groups is 2. The molecule has 0 saturated heterocycles. The van der Waals surface area contributed by atoms with Gasteiger partial charge in [-0.05, 0) is 18.6 Å². The number of hydrogen-bond acceptors (Lipinski definition) is 3. The van der Waals surface area contributed by atoms with E-state index in [1.54, 1.807) is 17.2 Å². The van der Waals surface area contributed by atoms with Crippen LogP contribution in [0, 0.1) is 0 Å². The molecular weight excluding hydrogens is 232 g/mol. The van der Waals surface area contributed by atoms with Crippen LogP contribution in [-0.4, -0.2) is 33.4 Å². The Bertz CT molecular complexity index is 429. The molecule has 1 rings (SSSR count). The van der Waals surface area contributed by atoms with Crippen LogP contribution < -0.4 is 0 Å². The molecule has 0 bridgehead atoms. The summed E-state index contributed by atoms with van der Waals surface area (Å²) in [5.41, 5.74) is 0.781. The van der Waals surface area contributed by atoms with Crippen LogP contribution in [0.25, 0.3) is 0 Å². The number of aliphatic carboxylic acids is 1. The fourth-order valence-electron chi connectivity index (χ4n) is 1.47. The van der Waals surface area contributed by atoms with Crippen LogP contribution in [0.5, 0.6) is 0 Å². The molecule has 1 aromatic rings. The maximum absolute atomic E-state index is 11.8. The number of hydrogen-bond donors (Lipinski definition) is 1. The quantitative estimate of drug-likeness (QED) is 0.774. The summed E-state index contributed by atoms with van der Waals surface area (Å²) in [5, 5.41) is 8.49. The number of rotatable bonds is 6. The van der Waals surface area contributed by atoms with Crippen molar-refractivity contribution in [3.63, 3.8) is 0 Å². The van der Waals surface area contributed by atoms with E-state index in [1.807, 2.05) is 19.1 Å². The molecule has 5 nitrogen and oxygen atoms in total. The van der Waals surface area contributed by atoms with Gasteiger partial charge >= 0.3 is 5.97 Å². The average molecular weight is 248 g/mol. The van der Waals surface area contributed by atoms with Crippen molar-refractivity contribution in [1.29, 1.82) is 0 Å². The maximum Gasteiger partial charge on any atom is 0.328 e. The van der Waals surface area contributed by atoms with E-state index in [-0.39, 0.29) is 5.91 Å². The zero-order chi connectivity index (χ0) is 13.4. The summed E-state index contributed by atoms with van der Waals surface area (Å²) in [4.78, 5) is 27.9. The van der Waals surface area contributed by atoms with E-state index in [0.29, 0.717) is 13.1 Å². The van der Waals surface area contributed by atoms with Crippen LogP contribution >= 0.6 is 0 Å². The Morgan fingerprint density at radius 3 is 2.72 bits per heavy atom. The standard InChI is InChI=1S/C13H16N2O3/c1-2-9-15(12(16)6-7-13(17)18)10-11-5-3-4-8-14-11/h3-8H,2,9-10H2,1H3,(H,17,18)/b7-6+. The van der Waals surface area contributed by atoms with E-state index in [4.69, 9.17) is 5.11 Å². The van der Waals surface area contributed by atoms with E-state index in [0.717, 1.165) is 24.3 Å². The Labute approximate surface area is 106 Å². The molecule has 1 N–H and O–H groups in total. The van der Waals surface area contributed by atoms with Gasteiger partial charge in [-0.1, -0.05) is 13.0 Å². The normalized spacial score (nSPS) is 10.5. The molecule has 0 atom stereocenters. The Kier molecular flexibility index (Phi) is 5.57. The first-order chi connectivity index (χ1) is 8.63. The minimum Gasteiger partial charge on any atom is -0.478 e. The van der Waals surface area contributed by atoms with Crippen LogP contribution in [0.3, 0.4) is 0 Å². The lowest BCUT2D eigenvalue weighted by atomic mass is 10.3. The van der Waals surface area contributed by atoms with Gasteiger partial charge in [0.05, 0.1) is 12.2 Å². The largest absolute Gasteiger partial charge is 0.478 e. The molecule has 0 unspecified atom stereocenters. The number of aromatic nitrogens is 1. The second-order valence-electron chi connectivity index (χ2n) is 3.75. The first kappa shape index (κ1) is 13.9. The third-order valence-corrected chi connectivity index (χ3v) is 2.25. The van der Waals surface area contributed by atoms with Crippen LogP contribution in [0.15, 0.2) is 36.5 Å². The fraction of sp³-hybridized carbons (Fsp3) is 0.308. The molecule has 0 aliphatic rings. The number of carboxylic acids is 1. The number of amides is 1. The summed E-state index contributed by atoms with van der Waals surface area (Å²) in [6, 6.07) is 5.49. The van der Waals surface area contributed by atoms with Crippen molar-refractivity contribution in [3.8, 4) is 0 Å². The van der Waals surface area contributed by atoms with Crippen molar-refractivity contribution in [2.24, 2.45) is 0 Å². The lowest BCUT2D eigenvalue weighted by Gasteiger charge is -2.19. The van der Waals surface area contributed by atoms with E-state index < -0.39 is 5.97 Å². The summed E-state index contributed by atoms with van der Waals surface area (Å²) >= 11 is 0. The van der Waals surface area contributed by atoms with Crippen molar-refractivity contribution < 1.29 is 14.7 Å². The van der Waals surface area contributed by atoms with Gasteiger partial charge in [0.2, 0.25) is 5.91 Å².